The number of hydrogen-bond donors (Lipinski definition) is 2. The molecule has 6 nitrogen and oxygen atoms in total. The van der Waals surface area contributed by atoms with Gasteiger partial charge >= 0.3 is 12.0 Å². The molecule has 3 fully saturated rings. The van der Waals surface area contributed by atoms with E-state index in [2.05, 4.69) is 5.32 Å². The van der Waals surface area contributed by atoms with Crippen LogP contribution in [0.15, 0.2) is 0 Å². The molecule has 21 heavy (non-hydrogen) atoms. The standard InChI is InChI=1S/C15H24N2O4/c18-13(19)4-1-10-5-7-17(9-10)15(20)16-12-6-8-21-14(12)11-2-3-11/h10-12,14H,1-9H2,(H,16,20)(H,18,19). The molecule has 3 aliphatic rings. The Bertz CT molecular complexity index is 410. The summed E-state index contributed by atoms with van der Waals surface area (Å²) in [5.41, 5.74) is 0. The zero-order valence-corrected chi connectivity index (χ0v) is 12.3. The van der Waals surface area contributed by atoms with Crippen molar-refractivity contribution in [1.82, 2.24) is 10.2 Å². The van der Waals surface area contributed by atoms with E-state index in [1.54, 1.807) is 0 Å². The van der Waals surface area contributed by atoms with Gasteiger partial charge in [-0.3, -0.25) is 4.79 Å². The predicted octanol–water partition coefficient (Wildman–Crippen LogP) is 1.45. The zero-order chi connectivity index (χ0) is 14.8. The second kappa shape index (κ2) is 6.22. The molecule has 0 aromatic heterocycles. The van der Waals surface area contributed by atoms with Gasteiger partial charge in [-0.15, -0.1) is 0 Å². The van der Waals surface area contributed by atoms with E-state index in [9.17, 15) is 9.59 Å². The Labute approximate surface area is 124 Å². The summed E-state index contributed by atoms with van der Waals surface area (Å²) >= 11 is 0. The van der Waals surface area contributed by atoms with E-state index in [0.717, 1.165) is 26.0 Å². The third kappa shape index (κ3) is 3.67. The quantitative estimate of drug-likeness (QED) is 0.805. The maximum Gasteiger partial charge on any atom is 0.317 e. The number of carbonyl (C=O) groups excluding carboxylic acids is 1. The Morgan fingerprint density at radius 2 is 2.05 bits per heavy atom. The Morgan fingerprint density at radius 1 is 1.24 bits per heavy atom. The van der Waals surface area contributed by atoms with Crippen LogP contribution in [0.2, 0.25) is 0 Å². The lowest BCUT2D eigenvalue weighted by Gasteiger charge is -2.24. The lowest BCUT2D eigenvalue weighted by atomic mass is 10.0. The number of rotatable bonds is 5. The van der Waals surface area contributed by atoms with E-state index in [-0.39, 0.29) is 24.6 Å². The molecule has 118 valence electrons. The molecule has 0 aromatic rings. The first-order valence-corrected chi connectivity index (χ1v) is 8.02. The first-order valence-electron chi connectivity index (χ1n) is 8.02. The van der Waals surface area contributed by atoms with Crippen LogP contribution in [0, 0.1) is 11.8 Å². The molecule has 6 heteroatoms. The van der Waals surface area contributed by atoms with Gasteiger partial charge in [0.2, 0.25) is 0 Å². The lowest BCUT2D eigenvalue weighted by molar-refractivity contribution is -0.137. The molecular formula is C15H24N2O4. The maximum absolute atomic E-state index is 12.3. The van der Waals surface area contributed by atoms with E-state index < -0.39 is 5.97 Å². The SMILES string of the molecule is O=C(O)CCC1CCN(C(=O)NC2CCOC2C2CC2)C1. The molecule has 0 radical (unpaired) electrons. The van der Waals surface area contributed by atoms with Gasteiger partial charge in [-0.1, -0.05) is 0 Å². The van der Waals surface area contributed by atoms with E-state index in [1.807, 2.05) is 4.90 Å². The molecule has 2 N–H and O–H groups in total. The average molecular weight is 296 g/mol. The van der Waals surface area contributed by atoms with Gasteiger partial charge in [0, 0.05) is 26.1 Å². The second-order valence-electron chi connectivity index (χ2n) is 6.55. The van der Waals surface area contributed by atoms with Crippen molar-refractivity contribution in [2.75, 3.05) is 19.7 Å². The summed E-state index contributed by atoms with van der Waals surface area (Å²) in [5, 5.41) is 11.8. The van der Waals surface area contributed by atoms with Gasteiger partial charge < -0.3 is 20.1 Å². The van der Waals surface area contributed by atoms with Crippen LogP contribution in [0.5, 0.6) is 0 Å². The highest BCUT2D eigenvalue weighted by Crippen LogP contribution is 2.38. The number of aliphatic carboxylic acids is 1. The molecule has 3 atom stereocenters. The summed E-state index contributed by atoms with van der Waals surface area (Å²) in [4.78, 5) is 24.7. The molecule has 2 heterocycles. The third-order valence-corrected chi connectivity index (χ3v) is 4.87. The second-order valence-corrected chi connectivity index (χ2v) is 6.55. The first kappa shape index (κ1) is 14.6. The molecular weight excluding hydrogens is 272 g/mol. The normalized spacial score (nSPS) is 32.4. The maximum atomic E-state index is 12.3. The summed E-state index contributed by atoms with van der Waals surface area (Å²) in [5.74, 6) is 0.207. The molecule has 3 unspecified atom stereocenters. The summed E-state index contributed by atoms with van der Waals surface area (Å²) in [7, 11) is 0. The molecule has 2 aliphatic heterocycles. The minimum Gasteiger partial charge on any atom is -0.481 e. The number of carboxylic acid groups (broad SMARTS) is 1. The number of nitrogens with zero attached hydrogens (tertiary/aromatic N) is 1. The number of urea groups is 1. The highest BCUT2D eigenvalue weighted by Gasteiger charge is 2.41. The van der Waals surface area contributed by atoms with E-state index in [0.29, 0.717) is 24.8 Å². The Kier molecular flexibility index (Phi) is 4.33. The van der Waals surface area contributed by atoms with Crippen LogP contribution in [0.1, 0.15) is 38.5 Å². The van der Waals surface area contributed by atoms with Crippen LogP contribution in [0.4, 0.5) is 4.79 Å². The van der Waals surface area contributed by atoms with Crippen molar-refractivity contribution in [2.24, 2.45) is 11.8 Å². The number of ether oxygens (including phenoxy) is 1. The number of nitrogens with one attached hydrogen (secondary N) is 1. The molecule has 0 aromatic carbocycles. The Morgan fingerprint density at radius 3 is 2.76 bits per heavy atom. The van der Waals surface area contributed by atoms with Gasteiger partial charge in [-0.2, -0.15) is 0 Å². The summed E-state index contributed by atoms with van der Waals surface area (Å²) in [6.07, 6.45) is 5.32. The van der Waals surface area contributed by atoms with Gasteiger partial charge in [0.1, 0.15) is 0 Å². The fourth-order valence-corrected chi connectivity index (χ4v) is 3.49. The Hall–Kier alpha value is -1.30. The van der Waals surface area contributed by atoms with Gasteiger partial charge in [0.05, 0.1) is 12.1 Å². The van der Waals surface area contributed by atoms with Crippen LogP contribution in [0.25, 0.3) is 0 Å². The molecule has 2 saturated heterocycles. The van der Waals surface area contributed by atoms with Crippen molar-refractivity contribution in [3.8, 4) is 0 Å². The smallest absolute Gasteiger partial charge is 0.317 e. The molecule has 0 bridgehead atoms. The van der Waals surface area contributed by atoms with Crippen molar-refractivity contribution < 1.29 is 19.4 Å². The molecule has 3 rings (SSSR count). The van der Waals surface area contributed by atoms with Crippen LogP contribution in [0.3, 0.4) is 0 Å². The van der Waals surface area contributed by atoms with Gasteiger partial charge in [0.15, 0.2) is 0 Å². The van der Waals surface area contributed by atoms with E-state index in [4.69, 9.17) is 9.84 Å². The third-order valence-electron chi connectivity index (χ3n) is 4.87. The van der Waals surface area contributed by atoms with Gasteiger partial charge in [-0.25, -0.2) is 4.79 Å². The average Bonchev–Trinajstić information content (AvgIpc) is 3.00. The van der Waals surface area contributed by atoms with Crippen molar-refractivity contribution in [2.45, 2.75) is 50.7 Å². The molecule has 0 spiro atoms. The highest BCUT2D eigenvalue weighted by atomic mass is 16.5. The number of amides is 2. The van der Waals surface area contributed by atoms with E-state index >= 15 is 0 Å². The highest BCUT2D eigenvalue weighted by molar-refractivity contribution is 5.75. The fraction of sp³-hybridized carbons (Fsp3) is 0.867. The minimum absolute atomic E-state index is 0.00558. The van der Waals surface area contributed by atoms with Crippen LogP contribution < -0.4 is 5.32 Å². The number of carbonyl (C=O) groups is 2. The Balaban J connectivity index is 1.44. The van der Waals surface area contributed by atoms with Crippen molar-refractivity contribution in [1.29, 1.82) is 0 Å². The summed E-state index contributed by atoms with van der Waals surface area (Å²) < 4.78 is 5.74. The largest absolute Gasteiger partial charge is 0.481 e. The van der Waals surface area contributed by atoms with Crippen molar-refractivity contribution >= 4 is 12.0 Å². The van der Waals surface area contributed by atoms with Gasteiger partial charge in [0.25, 0.3) is 0 Å². The van der Waals surface area contributed by atoms with Crippen LogP contribution in [-0.2, 0) is 9.53 Å². The van der Waals surface area contributed by atoms with Gasteiger partial charge in [-0.05, 0) is 43.9 Å². The fourth-order valence-electron chi connectivity index (χ4n) is 3.49. The van der Waals surface area contributed by atoms with Crippen LogP contribution >= 0.6 is 0 Å². The summed E-state index contributed by atoms with van der Waals surface area (Å²) in [6.45, 7) is 2.16. The van der Waals surface area contributed by atoms with Crippen molar-refractivity contribution in [3.63, 3.8) is 0 Å². The monoisotopic (exact) mass is 296 g/mol. The predicted molar refractivity (Wildman–Crippen MR) is 76.0 cm³/mol. The number of hydrogen-bond acceptors (Lipinski definition) is 3. The van der Waals surface area contributed by atoms with Crippen molar-refractivity contribution in [3.05, 3.63) is 0 Å². The topological polar surface area (TPSA) is 78.9 Å². The van der Waals surface area contributed by atoms with Crippen LogP contribution in [-0.4, -0.2) is 53.8 Å². The lowest BCUT2D eigenvalue weighted by Crippen LogP contribution is -2.47. The molecule has 1 saturated carbocycles. The zero-order valence-electron chi connectivity index (χ0n) is 12.3. The minimum atomic E-state index is -0.756. The molecule has 2 amide bonds. The number of carboxylic acids is 1. The van der Waals surface area contributed by atoms with E-state index in [1.165, 1.54) is 12.8 Å². The number of likely N-dealkylation sites (tertiary alicyclic amines) is 1. The molecule has 1 aliphatic carbocycles. The summed E-state index contributed by atoms with van der Waals surface area (Å²) in [6, 6.07) is 0.150. The first-order chi connectivity index (χ1) is 10.1.